The van der Waals surface area contributed by atoms with Crippen molar-refractivity contribution in [1.29, 1.82) is 0 Å². The lowest BCUT2D eigenvalue weighted by Crippen LogP contribution is -2.08. The minimum absolute atomic E-state index is 0.251. The Morgan fingerprint density at radius 1 is 1.41 bits per heavy atom. The first-order valence-electron chi connectivity index (χ1n) is 5.72. The van der Waals surface area contributed by atoms with E-state index in [1.807, 2.05) is 14.0 Å². The Morgan fingerprint density at radius 2 is 2.12 bits per heavy atom. The molecule has 0 fully saturated rings. The smallest absolute Gasteiger partial charge is 0.145 e. The molecule has 0 spiro atoms. The molecule has 1 aromatic rings. The molecule has 96 valence electrons. The second kappa shape index (κ2) is 7.45. The van der Waals surface area contributed by atoms with Crippen molar-refractivity contribution in [3.63, 3.8) is 0 Å². The van der Waals surface area contributed by atoms with E-state index in [9.17, 15) is 0 Å². The highest BCUT2D eigenvalue weighted by Crippen LogP contribution is 2.25. The Morgan fingerprint density at radius 3 is 2.76 bits per heavy atom. The van der Waals surface area contributed by atoms with Crippen molar-refractivity contribution in [2.75, 3.05) is 30.8 Å². The minimum Gasteiger partial charge on any atom is -0.396 e. The Balaban J connectivity index is 2.41. The number of rotatable bonds is 7. The summed E-state index contributed by atoms with van der Waals surface area (Å²) in [4.78, 5) is 8.25. The fourth-order valence-electron chi connectivity index (χ4n) is 1.42. The summed E-state index contributed by atoms with van der Waals surface area (Å²) in [7, 11) is 1.82. The molecule has 0 aliphatic heterocycles. The van der Waals surface area contributed by atoms with E-state index in [-0.39, 0.29) is 6.61 Å². The lowest BCUT2D eigenvalue weighted by atomic mass is 10.1. The van der Waals surface area contributed by atoms with Gasteiger partial charge in [0.15, 0.2) is 0 Å². The minimum atomic E-state index is 0.251. The van der Waals surface area contributed by atoms with Gasteiger partial charge in [-0.25, -0.2) is 9.97 Å². The molecule has 17 heavy (non-hydrogen) atoms. The van der Waals surface area contributed by atoms with E-state index in [1.165, 1.54) is 6.33 Å². The summed E-state index contributed by atoms with van der Waals surface area (Å²) in [6.07, 6.45) is 3.54. The van der Waals surface area contributed by atoms with Gasteiger partial charge in [-0.15, -0.1) is 0 Å². The molecule has 0 saturated heterocycles. The third-order valence-electron chi connectivity index (χ3n) is 2.50. The number of halogens is 1. The van der Waals surface area contributed by atoms with Gasteiger partial charge < -0.3 is 15.7 Å². The summed E-state index contributed by atoms with van der Waals surface area (Å²) >= 11 is 3.45. The van der Waals surface area contributed by atoms with Crippen LogP contribution in [0.25, 0.3) is 0 Å². The third-order valence-corrected chi connectivity index (χ3v) is 3.26. The van der Waals surface area contributed by atoms with Gasteiger partial charge in [-0.05, 0) is 34.7 Å². The van der Waals surface area contributed by atoms with Crippen LogP contribution in [0.15, 0.2) is 10.8 Å². The van der Waals surface area contributed by atoms with E-state index in [4.69, 9.17) is 5.11 Å². The normalized spacial score (nSPS) is 12.2. The van der Waals surface area contributed by atoms with Gasteiger partial charge in [-0.1, -0.05) is 6.92 Å². The fourth-order valence-corrected chi connectivity index (χ4v) is 1.96. The Bertz CT molecular complexity index is 348. The van der Waals surface area contributed by atoms with Crippen LogP contribution >= 0.6 is 15.9 Å². The predicted molar refractivity (Wildman–Crippen MR) is 73.3 cm³/mol. The third kappa shape index (κ3) is 4.47. The molecule has 1 unspecified atom stereocenters. The van der Waals surface area contributed by atoms with Gasteiger partial charge in [-0.3, -0.25) is 0 Å². The summed E-state index contributed by atoms with van der Waals surface area (Å²) in [5, 5.41) is 15.1. The quantitative estimate of drug-likeness (QED) is 0.673. The molecule has 5 nitrogen and oxygen atoms in total. The van der Waals surface area contributed by atoms with Crippen LogP contribution in [0.1, 0.15) is 19.8 Å². The lowest BCUT2D eigenvalue weighted by Gasteiger charge is -2.11. The molecule has 0 radical (unpaired) electrons. The highest BCUT2D eigenvalue weighted by atomic mass is 79.9. The van der Waals surface area contributed by atoms with Crippen molar-refractivity contribution in [1.82, 2.24) is 9.97 Å². The van der Waals surface area contributed by atoms with Crippen LogP contribution in [0.5, 0.6) is 0 Å². The van der Waals surface area contributed by atoms with Gasteiger partial charge in [-0.2, -0.15) is 0 Å². The predicted octanol–water partition coefficient (Wildman–Crippen LogP) is 2.10. The number of aliphatic hydroxyl groups excluding tert-OH is 1. The molecule has 0 aliphatic rings. The number of aliphatic hydroxyl groups is 1. The first-order chi connectivity index (χ1) is 8.19. The SMILES string of the molecule is CNc1ncnc(NCCCC(C)CO)c1Br. The van der Waals surface area contributed by atoms with Crippen molar-refractivity contribution >= 4 is 27.6 Å². The van der Waals surface area contributed by atoms with Gasteiger partial charge in [0.2, 0.25) is 0 Å². The van der Waals surface area contributed by atoms with Crippen LogP contribution < -0.4 is 10.6 Å². The zero-order valence-corrected chi connectivity index (χ0v) is 11.8. The van der Waals surface area contributed by atoms with Crippen molar-refractivity contribution in [2.45, 2.75) is 19.8 Å². The molecular weight excluding hydrogens is 284 g/mol. The van der Waals surface area contributed by atoms with E-state index >= 15 is 0 Å². The maximum atomic E-state index is 8.91. The molecule has 6 heteroatoms. The van der Waals surface area contributed by atoms with E-state index in [1.54, 1.807) is 0 Å². The average Bonchev–Trinajstić information content (AvgIpc) is 2.36. The second-order valence-electron chi connectivity index (χ2n) is 3.99. The highest BCUT2D eigenvalue weighted by molar-refractivity contribution is 9.10. The molecule has 1 rings (SSSR count). The van der Waals surface area contributed by atoms with Crippen molar-refractivity contribution in [3.05, 3.63) is 10.8 Å². The van der Waals surface area contributed by atoms with E-state index in [2.05, 4.69) is 36.5 Å². The van der Waals surface area contributed by atoms with Gasteiger partial charge >= 0.3 is 0 Å². The summed E-state index contributed by atoms with van der Waals surface area (Å²) < 4.78 is 0.845. The first-order valence-corrected chi connectivity index (χ1v) is 6.51. The topological polar surface area (TPSA) is 70.1 Å². The summed E-state index contributed by atoms with van der Waals surface area (Å²) in [6, 6.07) is 0. The van der Waals surface area contributed by atoms with Crippen LogP contribution in [0, 0.1) is 5.92 Å². The Hall–Kier alpha value is -0.880. The second-order valence-corrected chi connectivity index (χ2v) is 4.78. The zero-order chi connectivity index (χ0) is 12.7. The molecule has 3 N–H and O–H groups in total. The number of hydrogen-bond donors (Lipinski definition) is 3. The maximum Gasteiger partial charge on any atom is 0.145 e. The van der Waals surface area contributed by atoms with Gasteiger partial charge in [0.05, 0.1) is 0 Å². The number of hydrogen-bond acceptors (Lipinski definition) is 5. The molecular formula is C11H19BrN4O. The summed E-state index contributed by atoms with van der Waals surface area (Å²) in [6.45, 7) is 3.13. The number of aromatic nitrogens is 2. The van der Waals surface area contributed by atoms with Crippen LogP contribution in [0.4, 0.5) is 11.6 Å². The van der Waals surface area contributed by atoms with E-state index < -0.39 is 0 Å². The fraction of sp³-hybridized carbons (Fsp3) is 0.636. The Labute approximate surface area is 110 Å². The number of nitrogens with one attached hydrogen (secondary N) is 2. The van der Waals surface area contributed by atoms with Crippen LogP contribution in [0.3, 0.4) is 0 Å². The van der Waals surface area contributed by atoms with Gasteiger partial charge in [0, 0.05) is 20.2 Å². The molecule has 0 amide bonds. The van der Waals surface area contributed by atoms with Crippen molar-refractivity contribution < 1.29 is 5.11 Å². The Kier molecular flexibility index (Phi) is 6.21. The van der Waals surface area contributed by atoms with Gasteiger partial charge in [0.25, 0.3) is 0 Å². The molecule has 0 saturated carbocycles. The lowest BCUT2D eigenvalue weighted by molar-refractivity contribution is 0.229. The van der Waals surface area contributed by atoms with E-state index in [0.717, 1.165) is 35.5 Å². The molecule has 1 aromatic heterocycles. The number of nitrogens with zero attached hydrogens (tertiary/aromatic N) is 2. The molecule has 1 heterocycles. The zero-order valence-electron chi connectivity index (χ0n) is 10.2. The van der Waals surface area contributed by atoms with Crippen LogP contribution in [-0.2, 0) is 0 Å². The standard InChI is InChI=1S/C11H19BrN4O/c1-8(6-17)4-3-5-14-11-9(12)10(13-2)15-7-16-11/h7-8,17H,3-6H2,1-2H3,(H2,13,14,15,16). The van der Waals surface area contributed by atoms with E-state index in [0.29, 0.717) is 5.92 Å². The van der Waals surface area contributed by atoms with Gasteiger partial charge in [0.1, 0.15) is 22.4 Å². The van der Waals surface area contributed by atoms with Crippen molar-refractivity contribution in [3.8, 4) is 0 Å². The maximum absolute atomic E-state index is 8.91. The monoisotopic (exact) mass is 302 g/mol. The molecule has 0 aliphatic carbocycles. The van der Waals surface area contributed by atoms with Crippen LogP contribution in [0.2, 0.25) is 0 Å². The molecule has 1 atom stereocenters. The molecule has 0 bridgehead atoms. The summed E-state index contributed by atoms with van der Waals surface area (Å²) in [5.74, 6) is 1.92. The summed E-state index contributed by atoms with van der Waals surface area (Å²) in [5.41, 5.74) is 0. The molecule has 0 aromatic carbocycles. The number of anilines is 2. The average molecular weight is 303 g/mol. The largest absolute Gasteiger partial charge is 0.396 e. The first kappa shape index (κ1) is 14.2. The highest BCUT2D eigenvalue weighted by Gasteiger charge is 2.06. The van der Waals surface area contributed by atoms with Crippen LogP contribution in [-0.4, -0.2) is 35.3 Å². The van der Waals surface area contributed by atoms with Crippen molar-refractivity contribution in [2.24, 2.45) is 5.92 Å².